The fourth-order valence-electron chi connectivity index (χ4n) is 3.46. The van der Waals surface area contributed by atoms with Gasteiger partial charge in [0.1, 0.15) is 10.8 Å². The quantitative estimate of drug-likeness (QED) is 0.239. The number of nitrogens with zero attached hydrogens (tertiary/aromatic N) is 6. The van der Waals surface area contributed by atoms with Crippen LogP contribution in [-0.2, 0) is 26.1 Å². The number of hydrogen-bond acceptors (Lipinski definition) is 9. The monoisotopic (exact) mass is 556 g/mol. The van der Waals surface area contributed by atoms with E-state index in [9.17, 15) is 18.4 Å². The fourth-order valence-corrected chi connectivity index (χ4v) is 4.25. The second-order valence-electron chi connectivity index (χ2n) is 8.57. The molecule has 3 aromatic heterocycles. The summed E-state index contributed by atoms with van der Waals surface area (Å²) < 4.78 is 32.3. The number of pyridine rings is 1. The lowest BCUT2D eigenvalue weighted by Crippen LogP contribution is -2.23. The van der Waals surface area contributed by atoms with Gasteiger partial charge in [-0.25, -0.2) is 0 Å². The Morgan fingerprint density at radius 3 is 2.67 bits per heavy atom. The van der Waals surface area contributed by atoms with Gasteiger partial charge in [0.2, 0.25) is 5.01 Å². The molecule has 4 aromatic rings. The van der Waals surface area contributed by atoms with Gasteiger partial charge in [-0.1, -0.05) is 34.7 Å². The zero-order valence-electron chi connectivity index (χ0n) is 21.0. The number of alkyl halides is 2. The Morgan fingerprint density at radius 2 is 1.87 bits per heavy atom. The number of unbranched alkanes of at least 4 members (excludes halogenated alkanes) is 1. The molecule has 0 spiro atoms. The molecule has 0 fully saturated rings. The van der Waals surface area contributed by atoms with Gasteiger partial charge < -0.3 is 15.4 Å². The summed E-state index contributed by atoms with van der Waals surface area (Å²) in [6.45, 7) is 1.66. The Kier molecular flexibility index (Phi) is 9.20. The van der Waals surface area contributed by atoms with Gasteiger partial charge in [0, 0.05) is 32.6 Å². The number of hydrogen-bond donors (Lipinski definition) is 2. The maximum absolute atomic E-state index is 13.1. The molecule has 2 N–H and O–H groups in total. The molecule has 0 unspecified atom stereocenters. The van der Waals surface area contributed by atoms with E-state index in [0.29, 0.717) is 37.0 Å². The van der Waals surface area contributed by atoms with Crippen LogP contribution >= 0.6 is 11.3 Å². The summed E-state index contributed by atoms with van der Waals surface area (Å²) >= 11 is 1.19. The summed E-state index contributed by atoms with van der Waals surface area (Å²) in [5, 5.41) is 22.4. The van der Waals surface area contributed by atoms with E-state index in [4.69, 9.17) is 0 Å². The molecule has 3 heterocycles. The molecule has 14 heteroatoms. The third-order valence-corrected chi connectivity index (χ3v) is 6.25. The van der Waals surface area contributed by atoms with Crippen molar-refractivity contribution in [1.29, 1.82) is 0 Å². The highest BCUT2D eigenvalue weighted by molar-refractivity contribution is 7.13. The first-order chi connectivity index (χ1) is 18.7. The highest BCUT2D eigenvalue weighted by Gasteiger charge is 2.23. The number of amides is 2. The molecule has 0 atom stereocenters. The van der Waals surface area contributed by atoms with Crippen LogP contribution < -0.4 is 15.4 Å². The van der Waals surface area contributed by atoms with E-state index in [2.05, 4.69) is 40.9 Å². The first-order valence-electron chi connectivity index (χ1n) is 12.1. The molecule has 0 saturated carbocycles. The second-order valence-corrected chi connectivity index (χ2v) is 9.63. The van der Waals surface area contributed by atoms with E-state index < -0.39 is 12.0 Å². The lowest BCUT2D eigenvalue weighted by Gasteiger charge is -2.13. The van der Waals surface area contributed by atoms with Crippen molar-refractivity contribution in [1.82, 2.24) is 40.8 Å². The van der Waals surface area contributed by atoms with Gasteiger partial charge in [0.25, 0.3) is 11.8 Å². The molecule has 11 nitrogen and oxygen atoms in total. The zero-order valence-corrected chi connectivity index (χ0v) is 21.8. The van der Waals surface area contributed by atoms with Crippen molar-refractivity contribution in [2.24, 2.45) is 0 Å². The largest absolute Gasteiger partial charge is 0.433 e. The molecule has 0 bridgehead atoms. The van der Waals surface area contributed by atoms with Crippen molar-refractivity contribution in [3.8, 4) is 5.75 Å². The van der Waals surface area contributed by atoms with Gasteiger partial charge in [-0.3, -0.25) is 19.3 Å². The van der Waals surface area contributed by atoms with Crippen LogP contribution in [0.2, 0.25) is 0 Å². The van der Waals surface area contributed by atoms with E-state index in [-0.39, 0.29) is 28.9 Å². The third-order valence-electron chi connectivity index (χ3n) is 5.27. The first kappa shape index (κ1) is 27.7. The van der Waals surface area contributed by atoms with E-state index in [1.165, 1.54) is 23.5 Å². The average molecular weight is 557 g/mol. The van der Waals surface area contributed by atoms with Crippen LogP contribution in [0.1, 0.15) is 56.3 Å². The molecule has 0 aliphatic carbocycles. The van der Waals surface area contributed by atoms with Gasteiger partial charge in [-0.2, -0.15) is 8.78 Å². The summed E-state index contributed by atoms with van der Waals surface area (Å²) in [5.74, 6) is -0.712. The van der Waals surface area contributed by atoms with E-state index >= 15 is 0 Å². The van der Waals surface area contributed by atoms with Crippen molar-refractivity contribution in [2.75, 3.05) is 0 Å². The van der Waals surface area contributed by atoms with Gasteiger partial charge in [0.05, 0.1) is 18.4 Å². The maximum Gasteiger partial charge on any atom is 0.394 e. The number of benzene rings is 1. The summed E-state index contributed by atoms with van der Waals surface area (Å²) in [5.41, 5.74) is 1.59. The number of aromatic nitrogens is 6. The third kappa shape index (κ3) is 8.88. The van der Waals surface area contributed by atoms with Crippen molar-refractivity contribution in [3.05, 3.63) is 81.8 Å². The summed E-state index contributed by atoms with van der Waals surface area (Å²) in [4.78, 5) is 28.9. The minimum atomic E-state index is -3.29. The van der Waals surface area contributed by atoms with Crippen molar-refractivity contribution in [2.45, 2.75) is 51.9 Å². The zero-order chi connectivity index (χ0) is 27.7. The molecular weight excluding hydrogens is 530 g/mol. The predicted octanol–water partition coefficient (Wildman–Crippen LogP) is 3.40. The molecule has 2 amide bonds. The molecule has 0 aliphatic heterocycles. The Bertz CT molecular complexity index is 1390. The van der Waals surface area contributed by atoms with Gasteiger partial charge in [-0.15, -0.1) is 15.3 Å². The van der Waals surface area contributed by atoms with Crippen LogP contribution in [0.25, 0.3) is 0 Å². The van der Waals surface area contributed by atoms with Crippen molar-refractivity contribution in [3.63, 3.8) is 0 Å². The predicted molar refractivity (Wildman–Crippen MR) is 137 cm³/mol. The molecular formula is C25H26F2N8O3S. The summed E-state index contributed by atoms with van der Waals surface area (Å²) in [6.07, 6.45) is 2.12. The van der Waals surface area contributed by atoms with Gasteiger partial charge in [0.15, 0.2) is 5.69 Å². The number of carbonyl (C=O) groups excluding carboxylic acids is 2. The van der Waals surface area contributed by atoms with Crippen LogP contribution in [0.3, 0.4) is 0 Å². The standard InChI is InChI=1S/C25H26F2N8O3S/c1-25(26,27)38-19-9-6-7-17(13-19)14-29-23(37)24-33-32-21(39-24)10-3-5-12-35-16-20(31-34-35)22(36)30-15-18-8-2-4-11-28-18/h2,4,6-9,11,13,16H,3,5,10,12,14-15H2,1H3,(H,29,37)(H,30,36). The number of rotatable bonds is 13. The fraction of sp³-hybridized carbons (Fsp3) is 0.320. The van der Waals surface area contributed by atoms with Gasteiger partial charge in [-0.05, 0) is 42.7 Å². The second kappa shape index (κ2) is 13.0. The minimum absolute atomic E-state index is 0.0124. The Labute approximate surface area is 226 Å². The number of nitrogens with one attached hydrogen (secondary N) is 2. The lowest BCUT2D eigenvalue weighted by atomic mass is 10.2. The van der Waals surface area contributed by atoms with Crippen LogP contribution in [0, 0.1) is 0 Å². The normalized spacial score (nSPS) is 11.3. The van der Waals surface area contributed by atoms with Crippen molar-refractivity contribution < 1.29 is 23.1 Å². The topological polar surface area (TPSA) is 137 Å². The molecule has 1 aromatic carbocycles. The van der Waals surface area contributed by atoms with Crippen molar-refractivity contribution >= 4 is 23.2 Å². The van der Waals surface area contributed by atoms with E-state index in [1.54, 1.807) is 35.3 Å². The number of halogens is 2. The van der Waals surface area contributed by atoms with Gasteiger partial charge >= 0.3 is 6.11 Å². The summed E-state index contributed by atoms with van der Waals surface area (Å²) in [7, 11) is 0. The highest BCUT2D eigenvalue weighted by atomic mass is 32.1. The number of ether oxygens (including phenoxy) is 1. The van der Waals surface area contributed by atoms with Crippen LogP contribution in [-0.4, -0.2) is 48.1 Å². The Morgan fingerprint density at radius 1 is 1.03 bits per heavy atom. The van der Waals surface area contributed by atoms with Crippen LogP contribution in [0.5, 0.6) is 5.75 Å². The van der Waals surface area contributed by atoms with E-state index in [1.807, 2.05) is 12.1 Å². The molecule has 204 valence electrons. The number of carbonyl (C=O) groups is 2. The SMILES string of the molecule is CC(F)(F)Oc1cccc(CNC(=O)c2nnc(CCCCn3cc(C(=O)NCc4ccccn4)nn3)s2)c1. The number of aryl methyl sites for hydroxylation is 2. The maximum atomic E-state index is 13.1. The Hall–Kier alpha value is -4.33. The van der Waals surface area contributed by atoms with E-state index in [0.717, 1.165) is 18.5 Å². The highest BCUT2D eigenvalue weighted by Crippen LogP contribution is 2.22. The summed E-state index contributed by atoms with van der Waals surface area (Å²) in [6, 6.07) is 11.6. The Balaban J connectivity index is 1.16. The smallest absolute Gasteiger partial charge is 0.394 e. The lowest BCUT2D eigenvalue weighted by molar-refractivity contribution is -0.159. The molecule has 4 rings (SSSR count). The molecule has 0 radical (unpaired) electrons. The molecule has 0 aliphatic rings. The molecule has 0 saturated heterocycles. The van der Waals surface area contributed by atoms with Crippen LogP contribution in [0.15, 0.2) is 54.9 Å². The first-order valence-corrected chi connectivity index (χ1v) is 12.9. The average Bonchev–Trinajstić information content (AvgIpc) is 3.58. The molecule has 39 heavy (non-hydrogen) atoms. The minimum Gasteiger partial charge on any atom is -0.433 e. The van der Waals surface area contributed by atoms with Crippen LogP contribution in [0.4, 0.5) is 8.78 Å².